The van der Waals surface area contributed by atoms with Crippen molar-refractivity contribution in [3.8, 4) is 17.6 Å². The van der Waals surface area contributed by atoms with E-state index >= 15 is 0 Å². The fourth-order valence-electron chi connectivity index (χ4n) is 1.52. The Labute approximate surface area is 119 Å². The molecule has 0 heterocycles. The van der Waals surface area contributed by atoms with Gasteiger partial charge in [-0.1, -0.05) is 23.7 Å². The third-order valence-corrected chi connectivity index (χ3v) is 3.12. The lowest BCUT2D eigenvalue weighted by Gasteiger charge is -2.09. The molecule has 5 heteroatoms. The maximum absolute atomic E-state index is 13.4. The maximum Gasteiger partial charge on any atom is 0.148 e. The van der Waals surface area contributed by atoms with Crippen molar-refractivity contribution in [3.05, 3.63) is 58.4 Å². The lowest BCUT2D eigenvalue weighted by Crippen LogP contribution is -1.92. The summed E-state index contributed by atoms with van der Waals surface area (Å²) in [7, 11) is 0. The normalized spacial score (nSPS) is 10.0. The second-order valence-electron chi connectivity index (χ2n) is 3.71. The number of alkyl halides is 1. The molecule has 0 bridgehead atoms. The summed E-state index contributed by atoms with van der Waals surface area (Å²) in [5.41, 5.74) is 0.635. The van der Waals surface area contributed by atoms with Gasteiger partial charge in [0.1, 0.15) is 28.9 Å². The minimum Gasteiger partial charge on any atom is -0.456 e. The van der Waals surface area contributed by atoms with Crippen molar-refractivity contribution in [2.24, 2.45) is 0 Å². The van der Waals surface area contributed by atoms with Crippen molar-refractivity contribution in [2.75, 3.05) is 0 Å². The van der Waals surface area contributed by atoms with Crippen LogP contribution in [0.4, 0.5) is 4.39 Å². The van der Waals surface area contributed by atoms with Gasteiger partial charge in [-0.05, 0) is 29.8 Å². The summed E-state index contributed by atoms with van der Waals surface area (Å²) in [6.07, 6.45) is 0. The van der Waals surface area contributed by atoms with Crippen molar-refractivity contribution >= 4 is 23.2 Å². The highest BCUT2D eigenvalue weighted by atomic mass is 35.5. The quantitative estimate of drug-likeness (QED) is 0.756. The minimum atomic E-state index is -0.622. The molecule has 2 nitrogen and oxygen atoms in total. The van der Waals surface area contributed by atoms with Crippen LogP contribution in [0.5, 0.6) is 11.5 Å². The van der Waals surface area contributed by atoms with E-state index in [0.717, 1.165) is 5.56 Å². The first-order chi connectivity index (χ1) is 9.15. The molecule has 2 aromatic carbocycles. The molecule has 0 aromatic heterocycles. The lowest BCUT2D eigenvalue weighted by molar-refractivity contribution is 0.474. The van der Waals surface area contributed by atoms with Crippen LogP contribution in [-0.2, 0) is 5.88 Å². The predicted octanol–water partition coefficient (Wildman–Crippen LogP) is 4.88. The summed E-state index contributed by atoms with van der Waals surface area (Å²) in [4.78, 5) is 0. The number of nitrogens with zero attached hydrogens (tertiary/aromatic N) is 1. The van der Waals surface area contributed by atoms with Crippen molar-refractivity contribution < 1.29 is 9.13 Å². The summed E-state index contributed by atoms with van der Waals surface area (Å²) in [6.45, 7) is 0. The standard InChI is InChI=1S/C14H8Cl2FNO/c15-7-9-4-5-10(6-12(9)16)19-14-3-1-2-13(17)11(14)8-18/h1-6H,7H2. The first-order valence-electron chi connectivity index (χ1n) is 5.36. The Morgan fingerprint density at radius 3 is 2.68 bits per heavy atom. The smallest absolute Gasteiger partial charge is 0.148 e. The first kappa shape index (κ1) is 13.7. The molecular weight excluding hydrogens is 288 g/mol. The van der Waals surface area contributed by atoms with Crippen molar-refractivity contribution in [1.29, 1.82) is 5.26 Å². The van der Waals surface area contributed by atoms with Gasteiger partial charge < -0.3 is 4.74 Å². The van der Waals surface area contributed by atoms with Gasteiger partial charge in [0.25, 0.3) is 0 Å². The Hall–Kier alpha value is -1.76. The van der Waals surface area contributed by atoms with Gasteiger partial charge in [-0.15, -0.1) is 11.6 Å². The molecule has 0 atom stereocenters. The van der Waals surface area contributed by atoms with Crippen LogP contribution in [-0.4, -0.2) is 0 Å². The first-order valence-corrected chi connectivity index (χ1v) is 6.28. The molecule has 0 fully saturated rings. The van der Waals surface area contributed by atoms with Crippen LogP contribution in [0.3, 0.4) is 0 Å². The summed E-state index contributed by atoms with van der Waals surface area (Å²) in [5.74, 6) is 0.240. The van der Waals surface area contributed by atoms with Crippen LogP contribution in [0, 0.1) is 17.1 Å². The highest BCUT2D eigenvalue weighted by Crippen LogP contribution is 2.30. The Balaban J connectivity index is 2.34. The summed E-state index contributed by atoms with van der Waals surface area (Å²) < 4.78 is 18.9. The second-order valence-corrected chi connectivity index (χ2v) is 4.39. The average molecular weight is 296 g/mol. The second kappa shape index (κ2) is 5.92. The van der Waals surface area contributed by atoms with Crippen LogP contribution >= 0.6 is 23.2 Å². The SMILES string of the molecule is N#Cc1c(F)cccc1Oc1ccc(CCl)c(Cl)c1. The predicted molar refractivity (Wildman–Crippen MR) is 72.2 cm³/mol. The number of hydrogen-bond acceptors (Lipinski definition) is 2. The van der Waals surface area contributed by atoms with Gasteiger partial charge >= 0.3 is 0 Å². The molecule has 96 valence electrons. The number of nitriles is 1. The van der Waals surface area contributed by atoms with E-state index in [1.54, 1.807) is 24.3 Å². The van der Waals surface area contributed by atoms with Gasteiger partial charge in [0.2, 0.25) is 0 Å². The summed E-state index contributed by atoms with van der Waals surface area (Å²) >= 11 is 11.7. The third kappa shape index (κ3) is 2.98. The largest absolute Gasteiger partial charge is 0.456 e. The fraction of sp³-hybridized carbons (Fsp3) is 0.0714. The zero-order chi connectivity index (χ0) is 13.8. The highest BCUT2D eigenvalue weighted by molar-refractivity contribution is 6.32. The van der Waals surface area contributed by atoms with Crippen molar-refractivity contribution in [1.82, 2.24) is 0 Å². The summed E-state index contributed by atoms with van der Waals surface area (Å²) in [6, 6.07) is 10.9. The van der Waals surface area contributed by atoms with E-state index in [0.29, 0.717) is 16.7 Å². The molecule has 0 N–H and O–H groups in total. The van der Waals surface area contributed by atoms with E-state index in [9.17, 15) is 4.39 Å². The van der Waals surface area contributed by atoms with Crippen LogP contribution < -0.4 is 4.74 Å². The molecule has 2 rings (SSSR count). The van der Waals surface area contributed by atoms with Crippen LogP contribution in [0.25, 0.3) is 0 Å². The molecule has 19 heavy (non-hydrogen) atoms. The van der Waals surface area contributed by atoms with E-state index in [-0.39, 0.29) is 11.3 Å². The molecule has 0 spiro atoms. The van der Waals surface area contributed by atoms with E-state index in [1.165, 1.54) is 18.2 Å². The van der Waals surface area contributed by atoms with Crippen LogP contribution in [0.1, 0.15) is 11.1 Å². The van der Waals surface area contributed by atoms with E-state index in [2.05, 4.69) is 0 Å². The Morgan fingerprint density at radius 1 is 1.26 bits per heavy atom. The van der Waals surface area contributed by atoms with Gasteiger partial charge in [0.05, 0.1) is 0 Å². The van der Waals surface area contributed by atoms with Gasteiger partial charge in [0, 0.05) is 10.9 Å². The molecule has 0 amide bonds. The third-order valence-electron chi connectivity index (χ3n) is 2.48. The lowest BCUT2D eigenvalue weighted by atomic mass is 10.2. The molecule has 0 unspecified atom stereocenters. The van der Waals surface area contributed by atoms with E-state index in [1.807, 2.05) is 0 Å². The van der Waals surface area contributed by atoms with Gasteiger partial charge in [-0.2, -0.15) is 5.26 Å². The van der Waals surface area contributed by atoms with E-state index < -0.39 is 5.82 Å². The molecule has 0 saturated carbocycles. The van der Waals surface area contributed by atoms with E-state index in [4.69, 9.17) is 33.2 Å². The molecule has 0 radical (unpaired) electrons. The molecule has 0 aliphatic rings. The van der Waals surface area contributed by atoms with Crippen molar-refractivity contribution in [2.45, 2.75) is 5.88 Å². The highest BCUT2D eigenvalue weighted by Gasteiger charge is 2.10. The van der Waals surface area contributed by atoms with Gasteiger partial charge in [0.15, 0.2) is 0 Å². The average Bonchev–Trinajstić information content (AvgIpc) is 2.39. The van der Waals surface area contributed by atoms with Crippen LogP contribution in [0.15, 0.2) is 36.4 Å². The Kier molecular flexibility index (Phi) is 4.26. The monoisotopic (exact) mass is 295 g/mol. The zero-order valence-corrected chi connectivity index (χ0v) is 11.2. The number of benzene rings is 2. The number of halogens is 3. The molecule has 0 aliphatic carbocycles. The number of rotatable bonds is 3. The fourth-order valence-corrected chi connectivity index (χ4v) is 2.06. The van der Waals surface area contributed by atoms with Gasteiger partial charge in [-0.25, -0.2) is 4.39 Å². The zero-order valence-electron chi connectivity index (χ0n) is 9.66. The molecule has 0 saturated heterocycles. The Bertz CT molecular complexity index is 652. The van der Waals surface area contributed by atoms with Crippen molar-refractivity contribution in [3.63, 3.8) is 0 Å². The molecular formula is C14H8Cl2FNO. The molecule has 2 aromatic rings. The van der Waals surface area contributed by atoms with Gasteiger partial charge in [-0.3, -0.25) is 0 Å². The topological polar surface area (TPSA) is 33.0 Å². The Morgan fingerprint density at radius 2 is 2.05 bits per heavy atom. The molecule has 0 aliphatic heterocycles. The summed E-state index contributed by atoms with van der Waals surface area (Å²) in [5, 5.41) is 9.36. The minimum absolute atomic E-state index is 0.139. The number of ether oxygens (including phenoxy) is 1. The number of hydrogen-bond donors (Lipinski definition) is 0. The van der Waals surface area contributed by atoms with Crippen LogP contribution in [0.2, 0.25) is 5.02 Å². The maximum atomic E-state index is 13.4.